The molecule has 0 fully saturated rings. The van der Waals surface area contributed by atoms with E-state index in [4.69, 9.17) is 9.97 Å². The van der Waals surface area contributed by atoms with Crippen LogP contribution in [0, 0.1) is 0 Å². The van der Waals surface area contributed by atoms with Gasteiger partial charge in [0.1, 0.15) is 0 Å². The lowest BCUT2D eigenvalue weighted by Crippen LogP contribution is -2.03. The van der Waals surface area contributed by atoms with Crippen LogP contribution < -0.4 is 0 Å². The Balaban J connectivity index is 1.08. The first-order chi connectivity index (χ1) is 27.7. The van der Waals surface area contributed by atoms with Gasteiger partial charge in [-0.1, -0.05) is 170 Å². The first-order valence-corrected chi connectivity index (χ1v) is 19.4. The maximum atomic E-state index is 5.29. The fourth-order valence-corrected chi connectivity index (χ4v) is 8.73. The summed E-state index contributed by atoms with van der Waals surface area (Å²) in [4.78, 5) is 10.4. The molecule has 0 amide bonds. The van der Waals surface area contributed by atoms with Crippen LogP contribution in [0.4, 0.5) is 0 Å². The minimum Gasteiger partial charge on any atom is -0.228 e. The highest BCUT2D eigenvalue weighted by Gasteiger charge is 2.20. The average molecular weight is 713 g/mol. The Morgan fingerprint density at radius 2 is 0.821 bits per heavy atom. The highest BCUT2D eigenvalue weighted by molar-refractivity contribution is 5.98. The van der Waals surface area contributed by atoms with Crippen LogP contribution in [0.3, 0.4) is 0 Å². The van der Waals surface area contributed by atoms with Crippen LogP contribution in [-0.2, 0) is 12.8 Å². The summed E-state index contributed by atoms with van der Waals surface area (Å²) in [5.74, 6) is 0.728. The Morgan fingerprint density at radius 3 is 1.54 bits per heavy atom. The van der Waals surface area contributed by atoms with Crippen molar-refractivity contribution < 1.29 is 0 Å². The van der Waals surface area contributed by atoms with Gasteiger partial charge in [-0.15, -0.1) is 0 Å². The van der Waals surface area contributed by atoms with Crippen molar-refractivity contribution in [1.29, 1.82) is 0 Å². The van der Waals surface area contributed by atoms with Crippen molar-refractivity contribution >= 4 is 32.4 Å². The summed E-state index contributed by atoms with van der Waals surface area (Å²) in [7, 11) is 0. The van der Waals surface area contributed by atoms with Crippen LogP contribution in [-0.4, -0.2) is 9.97 Å². The van der Waals surface area contributed by atoms with E-state index in [-0.39, 0.29) is 0 Å². The first-order valence-electron chi connectivity index (χ1n) is 19.4. The molecule has 2 nitrogen and oxygen atoms in total. The number of hydrogen-bond acceptors (Lipinski definition) is 2. The van der Waals surface area contributed by atoms with Crippen molar-refractivity contribution in [3.05, 3.63) is 216 Å². The van der Waals surface area contributed by atoms with Crippen LogP contribution in [0.25, 0.3) is 88.5 Å². The lowest BCUT2D eigenvalue weighted by molar-refractivity contribution is 1.16. The summed E-state index contributed by atoms with van der Waals surface area (Å²) < 4.78 is 0. The highest BCUT2D eigenvalue weighted by Crippen LogP contribution is 2.41. The molecule has 11 rings (SSSR count). The number of para-hydroxylation sites is 1. The molecule has 0 unspecified atom stereocenters. The zero-order valence-electron chi connectivity index (χ0n) is 30.8. The molecule has 0 radical (unpaired) electrons. The lowest BCUT2D eigenvalue weighted by atomic mass is 9.82. The molecule has 1 aliphatic rings. The molecule has 1 heterocycles. The third-order valence-electron chi connectivity index (χ3n) is 11.5. The van der Waals surface area contributed by atoms with E-state index in [2.05, 4.69) is 194 Å². The molecule has 0 atom stereocenters. The van der Waals surface area contributed by atoms with Crippen LogP contribution in [0.5, 0.6) is 0 Å². The van der Waals surface area contributed by atoms with E-state index in [1.54, 1.807) is 0 Å². The maximum absolute atomic E-state index is 5.29. The van der Waals surface area contributed by atoms with Gasteiger partial charge in [0.25, 0.3) is 0 Å². The number of hydrogen-bond donors (Lipinski definition) is 0. The molecule has 9 aromatic carbocycles. The topological polar surface area (TPSA) is 25.8 Å². The molecule has 0 spiro atoms. The monoisotopic (exact) mass is 712 g/mol. The molecule has 1 aromatic heterocycles. The zero-order valence-corrected chi connectivity index (χ0v) is 30.8. The van der Waals surface area contributed by atoms with Crippen molar-refractivity contribution in [1.82, 2.24) is 9.97 Å². The third kappa shape index (κ3) is 5.66. The molecular weight excluding hydrogens is 677 g/mol. The second-order valence-electron chi connectivity index (χ2n) is 15.0. The molecule has 56 heavy (non-hydrogen) atoms. The molecule has 1 aliphatic carbocycles. The predicted molar refractivity (Wildman–Crippen MR) is 234 cm³/mol. The summed E-state index contributed by atoms with van der Waals surface area (Å²) in [6.45, 7) is 0. The van der Waals surface area contributed by atoms with Gasteiger partial charge in [0.15, 0.2) is 5.82 Å². The Hall–Kier alpha value is -7.16. The fraction of sp³-hybridized carbons (Fsp3) is 0.0370. The van der Waals surface area contributed by atoms with Crippen molar-refractivity contribution in [2.45, 2.75) is 12.8 Å². The van der Waals surface area contributed by atoms with Gasteiger partial charge in [-0.05, 0) is 114 Å². The van der Waals surface area contributed by atoms with E-state index in [0.29, 0.717) is 0 Å². The van der Waals surface area contributed by atoms with Gasteiger partial charge < -0.3 is 0 Å². The molecule has 2 heteroatoms. The van der Waals surface area contributed by atoms with Gasteiger partial charge >= 0.3 is 0 Å². The lowest BCUT2D eigenvalue weighted by Gasteiger charge is -2.22. The van der Waals surface area contributed by atoms with E-state index >= 15 is 0 Å². The second kappa shape index (κ2) is 13.3. The van der Waals surface area contributed by atoms with E-state index in [1.807, 2.05) is 0 Å². The maximum Gasteiger partial charge on any atom is 0.160 e. The summed E-state index contributed by atoms with van der Waals surface area (Å²) in [5, 5.41) is 5.97. The highest BCUT2D eigenvalue weighted by atomic mass is 14.9. The number of benzene rings is 9. The fourth-order valence-electron chi connectivity index (χ4n) is 8.73. The summed E-state index contributed by atoms with van der Waals surface area (Å²) in [5.41, 5.74) is 16.9. The number of aromatic nitrogens is 2. The van der Waals surface area contributed by atoms with Crippen molar-refractivity contribution in [2.75, 3.05) is 0 Å². The average Bonchev–Trinajstić information content (AvgIpc) is 3.26. The molecule has 0 saturated heterocycles. The molecule has 262 valence electrons. The Labute approximate surface area is 326 Å². The minimum absolute atomic E-state index is 0.728. The van der Waals surface area contributed by atoms with Gasteiger partial charge in [0.2, 0.25) is 0 Å². The van der Waals surface area contributed by atoms with Gasteiger partial charge in [0, 0.05) is 16.5 Å². The van der Waals surface area contributed by atoms with Gasteiger partial charge in [-0.25, -0.2) is 9.97 Å². The zero-order chi connectivity index (χ0) is 37.0. The SMILES string of the molecule is c1ccc(-c2ccc(-c3nc(-c4ccc5cc6c(cc5c4)Cc4ccccc4-c4ccccc4Cc4cc5ccccc5cc4-6)nc4ccccc34)cc2)cc1. The Morgan fingerprint density at radius 1 is 0.304 bits per heavy atom. The molecule has 10 aromatic rings. The molecule has 0 saturated carbocycles. The van der Waals surface area contributed by atoms with Crippen molar-refractivity contribution in [3.8, 4) is 56.0 Å². The van der Waals surface area contributed by atoms with Crippen molar-refractivity contribution in [3.63, 3.8) is 0 Å². The smallest absolute Gasteiger partial charge is 0.160 e. The van der Waals surface area contributed by atoms with Crippen LogP contribution in [0.15, 0.2) is 194 Å². The molecule has 0 N–H and O–H groups in total. The number of fused-ring (bicyclic) bond motifs is 9. The molecule has 0 bridgehead atoms. The van der Waals surface area contributed by atoms with E-state index in [1.165, 1.54) is 77.2 Å². The summed E-state index contributed by atoms with van der Waals surface area (Å²) in [6.07, 6.45) is 1.68. The number of nitrogens with zero attached hydrogens (tertiary/aromatic N) is 2. The largest absolute Gasteiger partial charge is 0.228 e. The minimum atomic E-state index is 0.728. The van der Waals surface area contributed by atoms with Gasteiger partial charge in [-0.3, -0.25) is 0 Å². The molecule has 0 aliphatic heterocycles. The van der Waals surface area contributed by atoms with E-state index in [9.17, 15) is 0 Å². The number of rotatable bonds is 3. The van der Waals surface area contributed by atoms with Crippen molar-refractivity contribution in [2.24, 2.45) is 0 Å². The van der Waals surface area contributed by atoms with E-state index < -0.39 is 0 Å². The van der Waals surface area contributed by atoms with E-state index in [0.717, 1.165) is 46.4 Å². The Kier molecular flexibility index (Phi) is 7.67. The third-order valence-corrected chi connectivity index (χ3v) is 11.5. The normalized spacial score (nSPS) is 12.1. The van der Waals surface area contributed by atoms with Crippen LogP contribution in [0.1, 0.15) is 22.3 Å². The quantitative estimate of drug-likeness (QED) is 0.182. The summed E-state index contributed by atoms with van der Waals surface area (Å²) in [6, 6.07) is 70.6. The van der Waals surface area contributed by atoms with Crippen LogP contribution in [0.2, 0.25) is 0 Å². The van der Waals surface area contributed by atoms with Gasteiger partial charge in [0.05, 0.1) is 11.2 Å². The van der Waals surface area contributed by atoms with Gasteiger partial charge in [-0.2, -0.15) is 0 Å². The first kappa shape index (κ1) is 32.3. The summed E-state index contributed by atoms with van der Waals surface area (Å²) >= 11 is 0. The standard InChI is InChI=1S/C54H36N2/c1-2-12-35(13-3-1)36-22-24-37(25-23-36)53-49-20-10-11-21-52(49)55-54(56-53)43-27-26-40-34-51-46(32-44(40)31-43)30-42-17-7-9-19-48(42)47-18-8-6-16-41(47)29-45-28-38-14-4-5-15-39(38)33-50(45)51/h1-28,31-34H,29-30H2. The molecular formula is C54H36N2. The Bertz CT molecular complexity index is 3120. The van der Waals surface area contributed by atoms with Crippen LogP contribution >= 0.6 is 0 Å². The second-order valence-corrected chi connectivity index (χ2v) is 15.0. The predicted octanol–water partition coefficient (Wildman–Crippen LogP) is 13.8.